The van der Waals surface area contributed by atoms with Gasteiger partial charge in [-0.15, -0.1) is 0 Å². The van der Waals surface area contributed by atoms with E-state index in [1.54, 1.807) is 32.3 Å². The van der Waals surface area contributed by atoms with E-state index in [2.05, 4.69) is 11.6 Å². The Kier molecular flexibility index (Phi) is 3.76. The van der Waals surface area contributed by atoms with E-state index in [1.165, 1.54) is 0 Å². The molecule has 0 atom stereocenters. The Morgan fingerprint density at radius 1 is 1.55 bits per heavy atom. The molecule has 0 spiro atoms. The largest absolute Gasteiger partial charge is 0.386 e. The van der Waals surface area contributed by atoms with Crippen molar-refractivity contribution >= 4 is 6.21 Å². The zero-order chi connectivity index (χ0) is 8.91. The third kappa shape index (κ3) is 3.73. The summed E-state index contributed by atoms with van der Waals surface area (Å²) in [5.41, 5.74) is -0.135. The minimum Gasteiger partial charge on any atom is -0.386 e. The van der Waals surface area contributed by atoms with Crippen molar-refractivity contribution in [1.29, 1.82) is 0 Å². The quantitative estimate of drug-likeness (QED) is 0.487. The summed E-state index contributed by atoms with van der Waals surface area (Å²) in [6, 6.07) is 0. The summed E-state index contributed by atoms with van der Waals surface area (Å²) < 4.78 is 0. The fourth-order valence-electron chi connectivity index (χ4n) is 0.615. The van der Waals surface area contributed by atoms with E-state index in [0.717, 1.165) is 5.57 Å². The van der Waals surface area contributed by atoms with E-state index in [0.29, 0.717) is 0 Å². The van der Waals surface area contributed by atoms with Crippen molar-refractivity contribution in [2.75, 3.05) is 0 Å². The fourth-order valence-corrected chi connectivity index (χ4v) is 0.615. The van der Waals surface area contributed by atoms with Gasteiger partial charge in [0.1, 0.15) is 0 Å². The highest BCUT2D eigenvalue weighted by atomic mass is 16.3. The van der Waals surface area contributed by atoms with Crippen molar-refractivity contribution < 1.29 is 5.11 Å². The van der Waals surface area contributed by atoms with Crippen LogP contribution in [0, 0.1) is 0 Å². The Morgan fingerprint density at radius 2 is 2.09 bits per heavy atom. The second-order valence-corrected chi connectivity index (χ2v) is 2.75. The number of rotatable bonds is 3. The minimum absolute atomic E-state index is 0.718. The molecule has 2 heteroatoms. The van der Waals surface area contributed by atoms with Gasteiger partial charge in [-0.1, -0.05) is 12.7 Å². The first-order valence-corrected chi connectivity index (χ1v) is 3.55. The first kappa shape index (κ1) is 10.1. The van der Waals surface area contributed by atoms with E-state index < -0.39 is 5.60 Å². The molecule has 0 heterocycles. The first-order valence-electron chi connectivity index (χ1n) is 3.55. The monoisotopic (exact) mass is 153 g/mol. The molecule has 0 saturated carbocycles. The van der Waals surface area contributed by atoms with Gasteiger partial charge in [-0.2, -0.15) is 0 Å². The zero-order valence-electron chi connectivity index (χ0n) is 7.33. The van der Waals surface area contributed by atoms with Crippen LogP contribution < -0.4 is 0 Å². The normalized spacial score (nSPS) is 14.0. The summed E-state index contributed by atoms with van der Waals surface area (Å²) in [7, 11) is 0. The predicted molar refractivity (Wildman–Crippen MR) is 48.7 cm³/mol. The van der Waals surface area contributed by atoms with Gasteiger partial charge in [-0.05, 0) is 20.8 Å². The van der Waals surface area contributed by atoms with E-state index in [9.17, 15) is 5.11 Å². The highest BCUT2D eigenvalue weighted by Gasteiger charge is 2.15. The summed E-state index contributed by atoms with van der Waals surface area (Å²) in [5.74, 6) is 0. The lowest BCUT2D eigenvalue weighted by atomic mass is 10.00. The van der Waals surface area contributed by atoms with Crippen molar-refractivity contribution in [1.82, 2.24) is 0 Å². The highest BCUT2D eigenvalue weighted by Crippen LogP contribution is 2.15. The van der Waals surface area contributed by atoms with Gasteiger partial charge in [-0.25, -0.2) is 0 Å². The molecule has 0 aromatic heterocycles. The summed E-state index contributed by atoms with van der Waals surface area (Å²) in [4.78, 5) is 3.89. The third-order valence-electron chi connectivity index (χ3n) is 1.29. The number of aliphatic imine (C=N–C) groups is 1. The number of hydrogen-bond donors (Lipinski definition) is 1. The summed E-state index contributed by atoms with van der Waals surface area (Å²) in [6.07, 6.45) is 4.87. The van der Waals surface area contributed by atoms with E-state index >= 15 is 0 Å². The maximum absolute atomic E-state index is 9.49. The lowest BCUT2D eigenvalue weighted by molar-refractivity contribution is 0.123. The minimum atomic E-state index is -0.853. The van der Waals surface area contributed by atoms with Crippen LogP contribution in [0.1, 0.15) is 20.8 Å². The molecule has 11 heavy (non-hydrogen) atoms. The van der Waals surface area contributed by atoms with Gasteiger partial charge >= 0.3 is 0 Å². The standard InChI is InChI=1S/C9H15NO/c1-5-8(7-10-6-2)9(3,4)11/h5-7,11H,1H2,2-4H3/b8-7+,10-6?. The topological polar surface area (TPSA) is 32.6 Å². The van der Waals surface area contributed by atoms with E-state index in [1.807, 2.05) is 6.92 Å². The summed E-state index contributed by atoms with van der Waals surface area (Å²) in [6.45, 7) is 8.80. The molecular formula is C9H15NO. The average Bonchev–Trinajstić information content (AvgIpc) is 1.87. The Labute approximate surface area is 68.0 Å². The molecule has 0 amide bonds. The molecule has 0 unspecified atom stereocenters. The van der Waals surface area contributed by atoms with Crippen molar-refractivity contribution in [2.45, 2.75) is 26.4 Å². The van der Waals surface area contributed by atoms with Crippen LogP contribution in [-0.4, -0.2) is 16.9 Å². The number of nitrogens with zero attached hydrogens (tertiary/aromatic N) is 1. The molecule has 62 valence electrons. The van der Waals surface area contributed by atoms with Gasteiger partial charge in [-0.3, -0.25) is 4.99 Å². The zero-order valence-corrected chi connectivity index (χ0v) is 7.33. The Bertz CT molecular complexity index is 184. The molecule has 0 aliphatic rings. The van der Waals surface area contributed by atoms with Crippen LogP contribution in [0.15, 0.2) is 29.4 Å². The van der Waals surface area contributed by atoms with Crippen LogP contribution >= 0.6 is 0 Å². The maximum Gasteiger partial charge on any atom is 0.0855 e. The highest BCUT2D eigenvalue weighted by molar-refractivity contribution is 5.54. The van der Waals surface area contributed by atoms with Crippen molar-refractivity contribution in [3.8, 4) is 0 Å². The van der Waals surface area contributed by atoms with Crippen LogP contribution in [-0.2, 0) is 0 Å². The second-order valence-electron chi connectivity index (χ2n) is 2.75. The van der Waals surface area contributed by atoms with Gasteiger partial charge in [0.25, 0.3) is 0 Å². The molecule has 0 aliphatic carbocycles. The third-order valence-corrected chi connectivity index (χ3v) is 1.29. The molecule has 0 rings (SSSR count). The van der Waals surface area contributed by atoms with Gasteiger partial charge in [0, 0.05) is 18.0 Å². The lowest BCUT2D eigenvalue weighted by Crippen LogP contribution is -2.20. The van der Waals surface area contributed by atoms with Crippen LogP contribution in [0.5, 0.6) is 0 Å². The molecular weight excluding hydrogens is 138 g/mol. The first-order chi connectivity index (χ1) is 5.02. The SMILES string of the molecule is C=C/C(=C\N=CC)C(C)(C)O. The van der Waals surface area contributed by atoms with Gasteiger partial charge < -0.3 is 5.11 Å². The van der Waals surface area contributed by atoms with Crippen molar-refractivity contribution in [3.63, 3.8) is 0 Å². The number of hydrogen-bond acceptors (Lipinski definition) is 2. The molecule has 2 nitrogen and oxygen atoms in total. The van der Waals surface area contributed by atoms with Crippen molar-refractivity contribution in [2.24, 2.45) is 4.99 Å². The van der Waals surface area contributed by atoms with Crippen LogP contribution in [0.25, 0.3) is 0 Å². The molecule has 0 aliphatic heterocycles. The molecule has 0 aromatic carbocycles. The molecule has 0 radical (unpaired) electrons. The van der Waals surface area contributed by atoms with Gasteiger partial charge in [0.15, 0.2) is 0 Å². The Morgan fingerprint density at radius 3 is 2.36 bits per heavy atom. The molecule has 0 saturated heterocycles. The van der Waals surface area contributed by atoms with Crippen LogP contribution in [0.3, 0.4) is 0 Å². The average molecular weight is 153 g/mol. The van der Waals surface area contributed by atoms with Crippen LogP contribution in [0.2, 0.25) is 0 Å². The van der Waals surface area contributed by atoms with Gasteiger partial charge in [0.05, 0.1) is 5.60 Å². The number of aliphatic hydroxyl groups is 1. The molecule has 0 fully saturated rings. The summed E-state index contributed by atoms with van der Waals surface area (Å²) >= 11 is 0. The van der Waals surface area contributed by atoms with E-state index in [4.69, 9.17) is 0 Å². The maximum atomic E-state index is 9.49. The summed E-state index contributed by atoms with van der Waals surface area (Å²) in [5, 5.41) is 9.49. The van der Waals surface area contributed by atoms with Crippen molar-refractivity contribution in [3.05, 3.63) is 24.4 Å². The Balaban J connectivity index is 4.53. The lowest BCUT2D eigenvalue weighted by Gasteiger charge is -2.17. The predicted octanol–water partition coefficient (Wildman–Crippen LogP) is 1.92. The Hall–Kier alpha value is -0.890. The van der Waals surface area contributed by atoms with E-state index in [-0.39, 0.29) is 0 Å². The second kappa shape index (κ2) is 4.09. The molecule has 0 aromatic rings. The molecule has 1 N–H and O–H groups in total. The van der Waals surface area contributed by atoms with Crippen LogP contribution in [0.4, 0.5) is 0 Å². The smallest absolute Gasteiger partial charge is 0.0855 e. The fraction of sp³-hybridized carbons (Fsp3) is 0.444. The van der Waals surface area contributed by atoms with Gasteiger partial charge in [0.2, 0.25) is 0 Å². The molecule has 0 bridgehead atoms.